The molecule has 0 aliphatic carbocycles. The highest BCUT2D eigenvalue weighted by molar-refractivity contribution is 5.68. The third-order valence-electron chi connectivity index (χ3n) is 2.75. The first-order valence-corrected chi connectivity index (χ1v) is 5.54. The Balaban J connectivity index is 3.28. The fourth-order valence-corrected chi connectivity index (χ4v) is 1.66. The van der Waals surface area contributed by atoms with Gasteiger partial charge in [0.1, 0.15) is 6.33 Å². The van der Waals surface area contributed by atoms with E-state index in [4.69, 9.17) is 5.73 Å². The van der Waals surface area contributed by atoms with Gasteiger partial charge in [0, 0.05) is 12.6 Å². The summed E-state index contributed by atoms with van der Waals surface area (Å²) in [6.07, 6.45) is 2.12. The van der Waals surface area contributed by atoms with E-state index in [1.54, 1.807) is 0 Å². The highest BCUT2D eigenvalue weighted by Crippen LogP contribution is 2.31. The van der Waals surface area contributed by atoms with Gasteiger partial charge in [-0.3, -0.25) is 10.1 Å². The predicted molar refractivity (Wildman–Crippen MR) is 65.9 cm³/mol. The molecule has 0 spiro atoms. The Morgan fingerprint density at radius 1 is 1.53 bits per heavy atom. The molecule has 2 N–H and O–H groups in total. The lowest BCUT2D eigenvalue weighted by molar-refractivity contribution is -0.383. The number of nitro groups is 1. The third-order valence-corrected chi connectivity index (χ3v) is 2.75. The maximum atomic E-state index is 11.0. The molecule has 1 aromatic rings. The van der Waals surface area contributed by atoms with Crippen LogP contribution in [0.2, 0.25) is 0 Å². The molecule has 94 valence electrons. The van der Waals surface area contributed by atoms with Crippen molar-refractivity contribution in [2.75, 3.05) is 17.2 Å². The Morgan fingerprint density at radius 2 is 2.18 bits per heavy atom. The highest BCUT2D eigenvalue weighted by Gasteiger charge is 2.26. The van der Waals surface area contributed by atoms with Gasteiger partial charge in [0.2, 0.25) is 11.6 Å². The van der Waals surface area contributed by atoms with Crippen molar-refractivity contribution in [3.8, 4) is 0 Å². The van der Waals surface area contributed by atoms with E-state index in [0.717, 1.165) is 6.42 Å². The minimum Gasteiger partial charge on any atom is -0.378 e. The van der Waals surface area contributed by atoms with Gasteiger partial charge in [0.15, 0.2) is 0 Å². The molecule has 0 saturated carbocycles. The number of nitrogen functional groups attached to an aromatic ring is 1. The van der Waals surface area contributed by atoms with E-state index in [1.807, 2.05) is 25.7 Å². The van der Waals surface area contributed by atoms with Crippen LogP contribution in [0.3, 0.4) is 0 Å². The summed E-state index contributed by atoms with van der Waals surface area (Å²) < 4.78 is 0. The summed E-state index contributed by atoms with van der Waals surface area (Å²) in [4.78, 5) is 20.0. The fourth-order valence-electron chi connectivity index (χ4n) is 1.66. The first kappa shape index (κ1) is 13.1. The Morgan fingerprint density at radius 3 is 2.65 bits per heavy atom. The van der Waals surface area contributed by atoms with Crippen molar-refractivity contribution in [3.63, 3.8) is 0 Å². The third kappa shape index (κ3) is 2.61. The number of aromatic nitrogens is 2. The maximum absolute atomic E-state index is 11.0. The van der Waals surface area contributed by atoms with Crippen molar-refractivity contribution in [3.05, 3.63) is 16.4 Å². The number of nitrogens with two attached hydrogens (primary N) is 1. The zero-order valence-electron chi connectivity index (χ0n) is 10.3. The van der Waals surface area contributed by atoms with E-state index in [1.165, 1.54) is 6.33 Å². The number of nitrogens with zero attached hydrogens (tertiary/aromatic N) is 4. The van der Waals surface area contributed by atoms with Crippen LogP contribution in [0.15, 0.2) is 6.33 Å². The second-order valence-electron chi connectivity index (χ2n) is 3.73. The molecule has 0 aromatic carbocycles. The Bertz CT molecular complexity index is 410. The molecular weight excluding hydrogens is 222 g/mol. The van der Waals surface area contributed by atoms with E-state index in [9.17, 15) is 10.1 Å². The lowest BCUT2D eigenvalue weighted by Crippen LogP contribution is -2.33. The van der Waals surface area contributed by atoms with Crippen molar-refractivity contribution in [1.29, 1.82) is 0 Å². The summed E-state index contributed by atoms with van der Waals surface area (Å²) in [5.74, 6) is 0.195. The molecule has 0 aliphatic rings. The maximum Gasteiger partial charge on any atom is 0.353 e. The monoisotopic (exact) mass is 239 g/mol. The second kappa shape index (κ2) is 5.42. The molecule has 0 amide bonds. The molecule has 17 heavy (non-hydrogen) atoms. The van der Waals surface area contributed by atoms with Crippen LogP contribution in [-0.2, 0) is 0 Å². The Kier molecular flexibility index (Phi) is 4.19. The Labute approximate surface area is 99.8 Å². The van der Waals surface area contributed by atoms with E-state index in [0.29, 0.717) is 12.4 Å². The molecule has 7 heteroatoms. The molecule has 7 nitrogen and oxygen atoms in total. The number of anilines is 2. The second-order valence-corrected chi connectivity index (χ2v) is 3.73. The average molecular weight is 239 g/mol. The molecule has 0 aliphatic heterocycles. The average Bonchev–Trinajstić information content (AvgIpc) is 2.29. The summed E-state index contributed by atoms with van der Waals surface area (Å²) in [5.41, 5.74) is 5.32. The van der Waals surface area contributed by atoms with Crippen molar-refractivity contribution in [2.24, 2.45) is 0 Å². The molecule has 1 unspecified atom stereocenters. The number of rotatable bonds is 5. The van der Waals surface area contributed by atoms with Crippen molar-refractivity contribution in [2.45, 2.75) is 33.2 Å². The van der Waals surface area contributed by atoms with Gasteiger partial charge in [-0.1, -0.05) is 6.92 Å². The fraction of sp³-hybridized carbons (Fsp3) is 0.600. The van der Waals surface area contributed by atoms with Crippen LogP contribution < -0.4 is 10.6 Å². The van der Waals surface area contributed by atoms with Crippen LogP contribution >= 0.6 is 0 Å². The lowest BCUT2D eigenvalue weighted by Gasteiger charge is -2.27. The minimum atomic E-state index is -0.532. The van der Waals surface area contributed by atoms with Gasteiger partial charge in [0.05, 0.1) is 4.92 Å². The summed E-state index contributed by atoms with van der Waals surface area (Å²) in [7, 11) is 0. The van der Waals surface area contributed by atoms with E-state index >= 15 is 0 Å². The van der Waals surface area contributed by atoms with Gasteiger partial charge >= 0.3 is 5.69 Å². The Hall–Kier alpha value is -1.92. The van der Waals surface area contributed by atoms with Crippen LogP contribution in [0.1, 0.15) is 27.2 Å². The molecule has 1 rings (SSSR count). The summed E-state index contributed by atoms with van der Waals surface area (Å²) in [6, 6.07) is 0.160. The first-order valence-electron chi connectivity index (χ1n) is 5.54. The van der Waals surface area contributed by atoms with Crippen molar-refractivity contribution >= 4 is 17.3 Å². The summed E-state index contributed by atoms with van der Waals surface area (Å²) >= 11 is 0. The highest BCUT2D eigenvalue weighted by atomic mass is 16.6. The molecule has 0 saturated heterocycles. The quantitative estimate of drug-likeness (QED) is 0.618. The van der Waals surface area contributed by atoms with Crippen LogP contribution in [0.5, 0.6) is 0 Å². The zero-order valence-corrected chi connectivity index (χ0v) is 10.3. The molecule has 1 heterocycles. The lowest BCUT2D eigenvalue weighted by atomic mass is 10.2. The smallest absolute Gasteiger partial charge is 0.353 e. The van der Waals surface area contributed by atoms with Gasteiger partial charge in [-0.25, -0.2) is 9.97 Å². The van der Waals surface area contributed by atoms with E-state index < -0.39 is 4.92 Å². The predicted octanol–water partition coefficient (Wildman–Crippen LogP) is 1.59. The normalized spacial score (nSPS) is 12.2. The van der Waals surface area contributed by atoms with E-state index in [2.05, 4.69) is 9.97 Å². The summed E-state index contributed by atoms with van der Waals surface area (Å²) in [5, 5.41) is 11.0. The topological polar surface area (TPSA) is 98.2 Å². The van der Waals surface area contributed by atoms with Gasteiger partial charge in [-0.05, 0) is 20.3 Å². The summed E-state index contributed by atoms with van der Waals surface area (Å²) in [6.45, 7) is 6.57. The number of hydrogen-bond donors (Lipinski definition) is 1. The zero-order chi connectivity index (χ0) is 13.0. The molecule has 0 fully saturated rings. The van der Waals surface area contributed by atoms with E-state index in [-0.39, 0.29) is 17.5 Å². The minimum absolute atomic E-state index is 0.0956. The van der Waals surface area contributed by atoms with Crippen LogP contribution in [0.25, 0.3) is 0 Å². The van der Waals surface area contributed by atoms with Crippen molar-refractivity contribution in [1.82, 2.24) is 9.97 Å². The number of hydrogen-bond acceptors (Lipinski definition) is 6. The van der Waals surface area contributed by atoms with Crippen LogP contribution in [-0.4, -0.2) is 27.5 Å². The largest absolute Gasteiger partial charge is 0.378 e. The van der Waals surface area contributed by atoms with Gasteiger partial charge < -0.3 is 10.6 Å². The van der Waals surface area contributed by atoms with Crippen LogP contribution in [0, 0.1) is 10.1 Å². The van der Waals surface area contributed by atoms with Crippen LogP contribution in [0.4, 0.5) is 17.3 Å². The molecule has 0 bridgehead atoms. The van der Waals surface area contributed by atoms with Gasteiger partial charge in [-0.15, -0.1) is 0 Å². The standard InChI is InChI=1S/C10H17N5O2/c1-4-7(3)14(5-2)10-8(15(16)17)9(11)12-6-13-10/h6-7H,4-5H2,1-3H3,(H2,11,12,13). The molecule has 1 atom stereocenters. The van der Waals surface area contributed by atoms with Crippen molar-refractivity contribution < 1.29 is 4.92 Å². The molecule has 1 aromatic heterocycles. The SMILES string of the molecule is CCC(C)N(CC)c1ncnc(N)c1[N+](=O)[O-]. The van der Waals surface area contributed by atoms with Gasteiger partial charge in [-0.2, -0.15) is 0 Å². The molecular formula is C10H17N5O2. The first-order chi connectivity index (χ1) is 8.02. The molecule has 0 radical (unpaired) electrons. The van der Waals surface area contributed by atoms with Gasteiger partial charge in [0.25, 0.3) is 0 Å².